The molecule has 3 heterocycles. The molecule has 3 aliphatic heterocycles. The number of ketones is 1. The third-order valence-electron chi connectivity index (χ3n) is 13.2. The second kappa shape index (κ2) is 21.2. The number of ether oxygens (including phenoxy) is 4. The monoisotopic (exact) mass is 1020 g/mol. The molecule has 1 aliphatic carbocycles. The number of allylic oxidation sites excluding steroid dienone is 5. The zero-order valence-corrected chi connectivity index (χ0v) is 42.5. The van der Waals surface area contributed by atoms with Gasteiger partial charge in [0.2, 0.25) is 11.6 Å². The summed E-state index contributed by atoms with van der Waals surface area (Å²) in [7, 11) is 0.258. The van der Waals surface area contributed by atoms with Crippen molar-refractivity contribution >= 4 is 62.5 Å². The number of para-hydroxylation sites is 2. The first kappa shape index (κ1) is 53.1. The van der Waals surface area contributed by atoms with Crippen molar-refractivity contribution in [3.8, 4) is 11.5 Å². The molecule has 21 nitrogen and oxygen atoms in total. The van der Waals surface area contributed by atoms with Crippen LogP contribution in [-0.4, -0.2) is 135 Å². The van der Waals surface area contributed by atoms with E-state index in [2.05, 4.69) is 16.0 Å². The molecule has 73 heavy (non-hydrogen) atoms. The molecule has 0 fully saturated rings. The van der Waals surface area contributed by atoms with Gasteiger partial charge in [-0.15, -0.1) is 0 Å². The van der Waals surface area contributed by atoms with E-state index < -0.39 is 73.3 Å². The molecule has 3 aromatic carbocycles. The average molecular weight is 1030 g/mol. The Labute approximate surface area is 422 Å². The molecule has 2 atom stereocenters. The van der Waals surface area contributed by atoms with Gasteiger partial charge in [0.15, 0.2) is 23.0 Å². The summed E-state index contributed by atoms with van der Waals surface area (Å²) in [4.78, 5) is 78.9. The molecular weight excluding hydrogens is 967 g/mol. The van der Waals surface area contributed by atoms with Crippen LogP contribution in [0.4, 0.5) is 21.9 Å². The van der Waals surface area contributed by atoms with Gasteiger partial charge in [0, 0.05) is 65.8 Å². The highest BCUT2D eigenvalue weighted by atomic mass is 32.2. The first-order valence-corrected chi connectivity index (χ1v) is 24.9. The molecular formula is C51H58N7O14S+. The van der Waals surface area contributed by atoms with Crippen molar-refractivity contribution in [1.82, 2.24) is 20.9 Å². The minimum absolute atomic E-state index is 0.0145. The zero-order valence-electron chi connectivity index (χ0n) is 41.6. The second-order valence-electron chi connectivity index (χ2n) is 18.6. The Morgan fingerprint density at radius 1 is 0.904 bits per heavy atom. The molecule has 4 aliphatic rings. The van der Waals surface area contributed by atoms with Gasteiger partial charge >= 0.3 is 6.09 Å². The summed E-state index contributed by atoms with van der Waals surface area (Å²) < 4.78 is 59.2. The molecule has 22 heteroatoms. The summed E-state index contributed by atoms with van der Waals surface area (Å²) in [5, 5.41) is 20.4. The standard InChI is InChI=1S/C51H57N7O14S/c1-30(72-49(63)53-19-22-70-24-21-57-44(59)17-18-45(57)60)31-25-40(69-8)41(28-39(31)58(64)65)71-23-20-52-48(62)36(29-73(66,67)68)54-46-32(26-42-50(2,3)34-13-9-11-15-37(34)55(42)6)47(61)33(46)27-43-51(4,5)35-14-10-12-16-38(35)56(43)7/h9-18,25-28,30,36H,19-24,29H2,1-8H3,(H3-,52,53,54,61,62,63,66,67,68)/p+1. The largest absolute Gasteiger partial charge is 0.493 e. The van der Waals surface area contributed by atoms with Gasteiger partial charge in [-0.25, -0.2) is 4.79 Å². The van der Waals surface area contributed by atoms with Crippen LogP contribution in [0.25, 0.3) is 0 Å². The quantitative estimate of drug-likeness (QED) is 0.0218. The molecule has 0 bridgehead atoms. The Morgan fingerprint density at radius 3 is 2.21 bits per heavy atom. The number of nitro groups is 1. The number of fused-ring (bicyclic) bond motifs is 2. The van der Waals surface area contributed by atoms with Crippen molar-refractivity contribution in [2.45, 2.75) is 57.6 Å². The number of rotatable bonds is 21. The maximum Gasteiger partial charge on any atom is 0.407 e. The lowest BCUT2D eigenvalue weighted by atomic mass is 9.77. The van der Waals surface area contributed by atoms with Crippen molar-refractivity contribution in [3.63, 3.8) is 0 Å². The normalized spacial score (nSPS) is 18.5. The lowest BCUT2D eigenvalue weighted by molar-refractivity contribution is -0.401. The molecule has 0 spiro atoms. The Kier molecular flexibility index (Phi) is 15.4. The molecule has 0 saturated carbocycles. The van der Waals surface area contributed by atoms with E-state index in [-0.39, 0.29) is 79.1 Å². The summed E-state index contributed by atoms with van der Waals surface area (Å²) in [6, 6.07) is 16.4. The first-order chi connectivity index (χ1) is 34.5. The Balaban J connectivity index is 1.05. The number of benzene rings is 3. The summed E-state index contributed by atoms with van der Waals surface area (Å²) in [6.45, 7) is 9.03. The molecule has 0 saturated heterocycles. The third kappa shape index (κ3) is 11.1. The minimum Gasteiger partial charge on any atom is -0.493 e. The van der Waals surface area contributed by atoms with Crippen molar-refractivity contribution < 1.29 is 65.4 Å². The van der Waals surface area contributed by atoms with E-state index in [1.807, 2.05) is 99.8 Å². The maximum atomic E-state index is 14.4. The van der Waals surface area contributed by atoms with Crippen LogP contribution >= 0.6 is 0 Å². The van der Waals surface area contributed by atoms with E-state index in [4.69, 9.17) is 18.9 Å². The van der Waals surface area contributed by atoms with E-state index in [1.165, 1.54) is 20.1 Å². The zero-order chi connectivity index (χ0) is 53.2. The molecule has 7 rings (SSSR count). The number of carbonyl (C=O) groups excluding carboxylic acids is 5. The number of amides is 4. The van der Waals surface area contributed by atoms with Crippen LogP contribution in [0.5, 0.6) is 11.5 Å². The Bertz CT molecular complexity index is 3050. The number of alkyl carbamates (subject to hydrolysis) is 1. The minimum atomic E-state index is -4.81. The summed E-state index contributed by atoms with van der Waals surface area (Å²) in [5.41, 5.74) is 4.50. The van der Waals surface area contributed by atoms with Crippen molar-refractivity contribution in [2.75, 3.05) is 71.3 Å². The highest BCUT2D eigenvalue weighted by molar-refractivity contribution is 7.85. The molecule has 386 valence electrons. The van der Waals surface area contributed by atoms with Crippen LogP contribution in [0.3, 0.4) is 0 Å². The molecule has 0 aromatic heterocycles. The van der Waals surface area contributed by atoms with Gasteiger partial charge in [-0.2, -0.15) is 13.0 Å². The van der Waals surface area contributed by atoms with Gasteiger partial charge in [-0.1, -0.05) is 50.2 Å². The van der Waals surface area contributed by atoms with Crippen LogP contribution in [0.2, 0.25) is 0 Å². The van der Waals surface area contributed by atoms with E-state index >= 15 is 0 Å². The number of nitrogens with one attached hydrogen (secondary N) is 3. The number of hydrogen-bond acceptors (Lipinski definition) is 15. The van der Waals surface area contributed by atoms with Crippen LogP contribution in [-0.2, 0) is 49.6 Å². The lowest BCUT2D eigenvalue weighted by Crippen LogP contribution is -2.51. The predicted molar refractivity (Wildman–Crippen MR) is 267 cm³/mol. The van der Waals surface area contributed by atoms with Crippen molar-refractivity contribution in [2.24, 2.45) is 0 Å². The number of anilines is 1. The number of carbonyl (C=O) groups is 5. The number of nitrogens with zero attached hydrogens (tertiary/aromatic N) is 4. The number of methoxy groups -OCH3 is 1. The number of likely N-dealkylation sites (N-methyl/N-ethyl adjacent to an activating group) is 1. The summed E-state index contributed by atoms with van der Waals surface area (Å²) in [5.74, 6) is -3.27. The predicted octanol–water partition coefficient (Wildman–Crippen LogP) is 4.45. The van der Waals surface area contributed by atoms with Crippen molar-refractivity contribution in [3.05, 3.63) is 134 Å². The van der Waals surface area contributed by atoms with Gasteiger partial charge in [0.1, 0.15) is 31.6 Å². The topological polar surface area (TPSA) is 265 Å². The van der Waals surface area contributed by atoms with Gasteiger partial charge in [0.25, 0.3) is 27.6 Å². The number of imide groups is 1. The smallest absolute Gasteiger partial charge is 0.407 e. The molecule has 3 aromatic rings. The number of nitro benzene ring substituents is 1. The lowest BCUT2D eigenvalue weighted by Gasteiger charge is -2.31. The van der Waals surface area contributed by atoms with E-state index in [0.29, 0.717) is 0 Å². The van der Waals surface area contributed by atoms with Gasteiger partial charge in [0.05, 0.1) is 66.7 Å². The average Bonchev–Trinajstić information content (AvgIpc) is 3.84. The van der Waals surface area contributed by atoms with Crippen LogP contribution in [0.15, 0.2) is 108 Å². The third-order valence-corrected chi connectivity index (χ3v) is 14.0. The number of Topliss-reactive ketones (excluding diaryl/α,β-unsaturated/α-hetero) is 1. The SMILES string of the molecule is COc1cc(C(C)OC(=O)NCCOCCN2C(=O)C=CC2=O)c([N+](=O)[O-])cc1OCCNC(=O)C(CS(=O)(=O)O)NC1=C(/C=C2/N(C)c3ccccc3C2(C)C)C(=O)/C1=C\C1=[N+](C)c2ccccc2C1(C)C. The van der Waals surface area contributed by atoms with Crippen LogP contribution in [0, 0.1) is 10.1 Å². The fourth-order valence-corrected chi connectivity index (χ4v) is 10.1. The van der Waals surface area contributed by atoms with Crippen molar-refractivity contribution in [1.29, 1.82) is 0 Å². The van der Waals surface area contributed by atoms with Crippen LogP contribution in [0.1, 0.15) is 57.4 Å². The van der Waals surface area contributed by atoms with Gasteiger partial charge < -0.3 is 39.8 Å². The van der Waals surface area contributed by atoms with E-state index in [0.717, 1.165) is 57.0 Å². The van der Waals surface area contributed by atoms with E-state index in [9.17, 15) is 47.1 Å². The first-order valence-electron chi connectivity index (χ1n) is 23.3. The highest BCUT2D eigenvalue weighted by Gasteiger charge is 2.47. The summed E-state index contributed by atoms with van der Waals surface area (Å²) >= 11 is 0. The Hall–Kier alpha value is -7.69. The van der Waals surface area contributed by atoms with E-state index in [1.54, 1.807) is 12.2 Å². The van der Waals surface area contributed by atoms with Gasteiger partial charge in [-0.3, -0.25) is 38.7 Å². The molecule has 0 radical (unpaired) electrons. The highest BCUT2D eigenvalue weighted by Crippen LogP contribution is 2.48. The molecule has 4 N–H and O–H groups in total. The number of hydrogen-bond donors (Lipinski definition) is 4. The van der Waals surface area contributed by atoms with Crippen LogP contribution < -0.4 is 30.3 Å². The Morgan fingerprint density at radius 2 is 1.56 bits per heavy atom. The molecule has 2 unspecified atom stereocenters. The fourth-order valence-electron chi connectivity index (χ4n) is 9.42. The maximum absolute atomic E-state index is 14.4. The second-order valence-corrected chi connectivity index (χ2v) is 20.1. The van der Waals surface area contributed by atoms with Gasteiger partial charge in [-0.05, 0) is 44.5 Å². The summed E-state index contributed by atoms with van der Waals surface area (Å²) in [6.07, 6.45) is 3.72. The fraction of sp³-hybridized carbons (Fsp3) is 0.373. The molecule has 4 amide bonds.